The van der Waals surface area contributed by atoms with Gasteiger partial charge >= 0.3 is 7.82 Å². The number of nitrogens with one attached hydrogen (secondary N) is 1. The molecule has 3 N–H and O–H groups in total. The van der Waals surface area contributed by atoms with E-state index in [9.17, 15) is 19.4 Å². The number of amides is 1. The number of unbranched alkanes of at least 4 members (excludes halogenated alkanes) is 27. The maximum atomic E-state index is 12.9. The second-order valence-corrected chi connectivity index (χ2v) is 21.4. The monoisotopic (exact) mass is 960 g/mol. The molecule has 0 aliphatic rings. The molecule has 9 heteroatoms. The minimum absolute atomic E-state index is 0.0478. The standard InChI is InChI=1S/C58H107N2O6P/c1-6-8-10-12-14-16-18-20-22-24-25-26-27-28-29-30-31-32-33-34-36-37-39-41-43-45-47-49-51-57(61)56(55-66-67(63,64)65-54-53-60(3,4)5)59-58(62)52-50-48-46-44-42-40-38-35-23-21-19-17-15-13-11-9-7-2/h9,11,15,17,21,23,38,40,44,46,49,51,56-57,61H,6-8,10,12-14,16,18-20,22,24-37,39,41-43,45,47-48,50,52-55H2,1-5H3,(H-,59,62,63,64)/p+1/b11-9-,17-15-,23-21-,40-38-,46-44-,51-49+. The fraction of sp³-hybridized carbons (Fsp3) is 0.776. The van der Waals surface area contributed by atoms with Gasteiger partial charge in [0.05, 0.1) is 39.9 Å². The van der Waals surface area contributed by atoms with Crippen LogP contribution in [0, 0.1) is 0 Å². The molecule has 0 spiro atoms. The third-order valence-electron chi connectivity index (χ3n) is 12.2. The lowest BCUT2D eigenvalue weighted by molar-refractivity contribution is -0.870. The number of carbonyl (C=O) groups excluding carboxylic acids is 1. The Morgan fingerprint density at radius 1 is 0.522 bits per heavy atom. The van der Waals surface area contributed by atoms with Crippen LogP contribution in [0.25, 0.3) is 0 Å². The maximum absolute atomic E-state index is 12.9. The number of allylic oxidation sites excluding steroid dienone is 11. The third kappa shape index (κ3) is 51.6. The number of phosphoric acid groups is 1. The zero-order valence-corrected chi connectivity index (χ0v) is 45.3. The van der Waals surface area contributed by atoms with Crippen LogP contribution < -0.4 is 5.32 Å². The number of aliphatic hydroxyl groups excluding tert-OH is 1. The van der Waals surface area contributed by atoms with Crippen LogP contribution in [0.15, 0.2) is 72.9 Å². The van der Waals surface area contributed by atoms with Crippen molar-refractivity contribution in [1.82, 2.24) is 5.32 Å². The van der Waals surface area contributed by atoms with E-state index >= 15 is 0 Å². The number of hydrogen-bond donors (Lipinski definition) is 3. The molecule has 67 heavy (non-hydrogen) atoms. The Labute approximate surface area is 414 Å². The topological polar surface area (TPSA) is 105 Å². The number of carbonyl (C=O) groups is 1. The largest absolute Gasteiger partial charge is 0.472 e. The Bertz CT molecular complexity index is 1320. The van der Waals surface area contributed by atoms with Gasteiger partial charge in [-0.1, -0.05) is 247 Å². The molecule has 0 heterocycles. The van der Waals surface area contributed by atoms with Gasteiger partial charge in [0.25, 0.3) is 0 Å². The summed E-state index contributed by atoms with van der Waals surface area (Å²) >= 11 is 0. The van der Waals surface area contributed by atoms with Gasteiger partial charge in [0.15, 0.2) is 0 Å². The molecule has 0 aromatic carbocycles. The molecule has 1 amide bonds. The first-order valence-corrected chi connectivity index (χ1v) is 29.3. The lowest BCUT2D eigenvalue weighted by Gasteiger charge is -2.25. The van der Waals surface area contributed by atoms with Gasteiger partial charge in [0.1, 0.15) is 13.2 Å². The van der Waals surface area contributed by atoms with Gasteiger partial charge in [-0.15, -0.1) is 0 Å². The average molecular weight is 960 g/mol. The number of likely N-dealkylation sites (N-methyl/N-ethyl adjacent to an activating group) is 1. The molecule has 0 saturated carbocycles. The van der Waals surface area contributed by atoms with Crippen molar-refractivity contribution in [2.75, 3.05) is 40.9 Å². The SMILES string of the molecule is CC/C=C\C/C=C\C/C=C\C/C=C\C/C=C\CCCC(=O)NC(COP(=O)(O)OCC[N+](C)(C)C)C(O)/C=C/CCCCCCCCCCCCCCCCCCCCCCCCCCCC. The molecular formula is C58H108N2O6P+. The average Bonchev–Trinajstić information content (AvgIpc) is 3.29. The molecule has 0 aliphatic heterocycles. The second kappa shape index (κ2) is 48.9. The van der Waals surface area contributed by atoms with Crippen molar-refractivity contribution in [3.8, 4) is 0 Å². The molecule has 0 bridgehead atoms. The van der Waals surface area contributed by atoms with Crippen LogP contribution in [-0.2, 0) is 18.4 Å². The molecule has 0 rings (SSSR count). The lowest BCUT2D eigenvalue weighted by atomic mass is 10.0. The fourth-order valence-electron chi connectivity index (χ4n) is 7.84. The van der Waals surface area contributed by atoms with E-state index in [-0.39, 0.29) is 25.5 Å². The van der Waals surface area contributed by atoms with Crippen LogP contribution in [0.4, 0.5) is 0 Å². The van der Waals surface area contributed by atoms with E-state index in [2.05, 4.69) is 79.9 Å². The van der Waals surface area contributed by atoms with Crippen molar-refractivity contribution in [3.05, 3.63) is 72.9 Å². The molecular weight excluding hydrogens is 852 g/mol. The number of aliphatic hydroxyl groups is 1. The van der Waals surface area contributed by atoms with Crippen molar-refractivity contribution in [1.29, 1.82) is 0 Å². The maximum Gasteiger partial charge on any atom is 0.472 e. The Kier molecular flexibility index (Phi) is 47.4. The van der Waals surface area contributed by atoms with E-state index in [1.54, 1.807) is 6.08 Å². The van der Waals surface area contributed by atoms with Gasteiger partial charge in [-0.3, -0.25) is 13.8 Å². The predicted octanol–water partition coefficient (Wildman–Crippen LogP) is 16.7. The van der Waals surface area contributed by atoms with E-state index in [4.69, 9.17) is 9.05 Å². The summed E-state index contributed by atoms with van der Waals surface area (Å²) in [6, 6.07) is -0.881. The van der Waals surface area contributed by atoms with Crippen LogP contribution in [0.5, 0.6) is 0 Å². The van der Waals surface area contributed by atoms with Crippen LogP contribution in [0.1, 0.15) is 239 Å². The summed E-state index contributed by atoms with van der Waals surface area (Å²) in [5.41, 5.74) is 0. The highest BCUT2D eigenvalue weighted by Gasteiger charge is 2.27. The molecule has 0 aromatic rings. The van der Waals surface area contributed by atoms with Crippen molar-refractivity contribution >= 4 is 13.7 Å². The first-order chi connectivity index (χ1) is 32.5. The zero-order chi connectivity index (χ0) is 49.2. The van der Waals surface area contributed by atoms with Gasteiger partial charge in [-0.2, -0.15) is 0 Å². The van der Waals surface area contributed by atoms with E-state index in [1.165, 1.54) is 154 Å². The van der Waals surface area contributed by atoms with Crippen LogP contribution >= 0.6 is 7.82 Å². The Morgan fingerprint density at radius 3 is 1.30 bits per heavy atom. The van der Waals surface area contributed by atoms with Gasteiger partial charge in [0.2, 0.25) is 5.91 Å². The molecule has 8 nitrogen and oxygen atoms in total. The molecule has 0 aliphatic carbocycles. The van der Waals surface area contributed by atoms with E-state index < -0.39 is 20.0 Å². The fourth-order valence-corrected chi connectivity index (χ4v) is 8.58. The van der Waals surface area contributed by atoms with Gasteiger partial charge in [0, 0.05) is 6.42 Å². The van der Waals surface area contributed by atoms with Crippen molar-refractivity contribution < 1.29 is 32.9 Å². The highest BCUT2D eigenvalue weighted by Crippen LogP contribution is 2.43. The van der Waals surface area contributed by atoms with Crippen LogP contribution in [-0.4, -0.2) is 73.4 Å². The van der Waals surface area contributed by atoms with E-state index in [0.29, 0.717) is 17.4 Å². The lowest BCUT2D eigenvalue weighted by Crippen LogP contribution is -2.45. The molecule has 0 saturated heterocycles. The summed E-state index contributed by atoms with van der Waals surface area (Å²) in [5, 5.41) is 13.9. The van der Waals surface area contributed by atoms with Gasteiger partial charge in [-0.05, 0) is 57.8 Å². The smallest absolute Gasteiger partial charge is 0.387 e. The summed E-state index contributed by atoms with van der Waals surface area (Å²) in [5.74, 6) is -0.234. The molecule has 0 fully saturated rings. The molecule has 0 aromatic heterocycles. The quantitative estimate of drug-likeness (QED) is 0.0243. The predicted molar refractivity (Wildman–Crippen MR) is 290 cm³/mol. The molecule has 3 atom stereocenters. The number of hydrogen-bond acceptors (Lipinski definition) is 5. The van der Waals surface area contributed by atoms with Gasteiger partial charge in [-0.25, -0.2) is 4.57 Å². The van der Waals surface area contributed by atoms with E-state index in [1.807, 2.05) is 27.2 Å². The van der Waals surface area contributed by atoms with Crippen LogP contribution in [0.2, 0.25) is 0 Å². The van der Waals surface area contributed by atoms with Crippen LogP contribution in [0.3, 0.4) is 0 Å². The first-order valence-electron chi connectivity index (χ1n) is 27.8. The molecule has 3 unspecified atom stereocenters. The molecule has 0 radical (unpaired) electrons. The summed E-state index contributed by atoms with van der Waals surface area (Å²) < 4.78 is 23.6. The van der Waals surface area contributed by atoms with Gasteiger partial charge < -0.3 is 19.8 Å². The Balaban J connectivity index is 4.25. The summed E-state index contributed by atoms with van der Waals surface area (Å²) in [7, 11) is 1.53. The number of phosphoric ester groups is 1. The minimum Gasteiger partial charge on any atom is -0.387 e. The Hall–Kier alpha value is -2.06. The number of rotatable bonds is 50. The van der Waals surface area contributed by atoms with Crippen molar-refractivity contribution in [2.45, 2.75) is 251 Å². The minimum atomic E-state index is -4.36. The first kappa shape index (κ1) is 64.9. The zero-order valence-electron chi connectivity index (χ0n) is 44.4. The van der Waals surface area contributed by atoms with Crippen molar-refractivity contribution in [3.63, 3.8) is 0 Å². The Morgan fingerprint density at radius 2 is 0.896 bits per heavy atom. The summed E-state index contributed by atoms with van der Waals surface area (Å²) in [4.78, 5) is 23.2. The second-order valence-electron chi connectivity index (χ2n) is 19.9. The third-order valence-corrected chi connectivity index (χ3v) is 13.2. The van der Waals surface area contributed by atoms with E-state index in [0.717, 1.165) is 57.8 Å². The number of quaternary nitrogens is 1. The highest BCUT2D eigenvalue weighted by molar-refractivity contribution is 7.47. The highest BCUT2D eigenvalue weighted by atomic mass is 31.2. The summed E-state index contributed by atoms with van der Waals surface area (Å²) in [6.45, 7) is 4.67. The number of nitrogens with zero attached hydrogens (tertiary/aromatic N) is 1. The van der Waals surface area contributed by atoms with Crippen molar-refractivity contribution in [2.24, 2.45) is 0 Å². The normalized spacial score (nSPS) is 14.6. The molecule has 390 valence electrons. The summed E-state index contributed by atoms with van der Waals surface area (Å²) in [6.07, 6.45) is 67.3.